The lowest BCUT2D eigenvalue weighted by molar-refractivity contribution is -0.150. The zero-order valence-electron chi connectivity index (χ0n) is 11.5. The van der Waals surface area contributed by atoms with E-state index in [4.69, 9.17) is 0 Å². The van der Waals surface area contributed by atoms with E-state index in [9.17, 15) is 9.90 Å². The van der Waals surface area contributed by atoms with Crippen molar-refractivity contribution < 1.29 is 14.6 Å². The molecule has 1 unspecified atom stereocenters. The van der Waals surface area contributed by atoms with E-state index in [-0.39, 0.29) is 0 Å². The summed E-state index contributed by atoms with van der Waals surface area (Å²) >= 11 is 0. The molecular weight excluding hydrogens is 242 g/mol. The van der Waals surface area contributed by atoms with E-state index in [1.165, 1.54) is 7.11 Å². The molecule has 1 aromatic rings. The Kier molecular flexibility index (Phi) is 4.56. The first-order chi connectivity index (χ1) is 9.13. The number of hydrogen-bond donors (Lipinski definition) is 1. The molecule has 1 aliphatic heterocycles. The molecule has 1 aliphatic rings. The standard InChI is InChI=1S/C15H21NO3/c1-16-9-7-11(8-10-16)12-5-3-4-6-13(12)14(17)15(18)19-2/h3-6,11,14,17H,7-10H2,1-2H3. The monoisotopic (exact) mass is 263 g/mol. The molecule has 19 heavy (non-hydrogen) atoms. The van der Waals surface area contributed by atoms with Crippen molar-refractivity contribution in [2.24, 2.45) is 0 Å². The number of rotatable bonds is 3. The van der Waals surface area contributed by atoms with Crippen molar-refractivity contribution >= 4 is 5.97 Å². The summed E-state index contributed by atoms with van der Waals surface area (Å²) in [6.45, 7) is 2.10. The van der Waals surface area contributed by atoms with Crippen LogP contribution in [0.15, 0.2) is 24.3 Å². The molecule has 0 aliphatic carbocycles. The molecule has 0 radical (unpaired) electrons. The normalized spacial score (nSPS) is 19.1. The van der Waals surface area contributed by atoms with Crippen molar-refractivity contribution in [2.45, 2.75) is 24.9 Å². The van der Waals surface area contributed by atoms with Crippen LogP contribution in [0.3, 0.4) is 0 Å². The summed E-state index contributed by atoms with van der Waals surface area (Å²) in [6.07, 6.45) is 0.934. The Bertz CT molecular complexity index is 439. The number of carbonyl (C=O) groups is 1. The lowest BCUT2D eigenvalue weighted by Gasteiger charge is -2.30. The molecular formula is C15H21NO3. The van der Waals surface area contributed by atoms with E-state index in [0.717, 1.165) is 31.5 Å². The van der Waals surface area contributed by atoms with Gasteiger partial charge in [0, 0.05) is 0 Å². The van der Waals surface area contributed by atoms with Crippen LogP contribution in [-0.2, 0) is 9.53 Å². The highest BCUT2D eigenvalue weighted by Crippen LogP contribution is 2.32. The lowest BCUT2D eigenvalue weighted by Crippen LogP contribution is -2.30. The van der Waals surface area contributed by atoms with Crippen LogP contribution >= 0.6 is 0 Å². The zero-order chi connectivity index (χ0) is 13.8. The fourth-order valence-corrected chi connectivity index (χ4v) is 2.69. The van der Waals surface area contributed by atoms with Crippen LogP contribution < -0.4 is 0 Å². The summed E-state index contributed by atoms with van der Waals surface area (Å²) in [4.78, 5) is 13.8. The summed E-state index contributed by atoms with van der Waals surface area (Å²) in [5.74, 6) is -0.188. The number of esters is 1. The lowest BCUT2D eigenvalue weighted by atomic mass is 9.85. The SMILES string of the molecule is COC(=O)C(O)c1ccccc1C1CCN(C)CC1. The molecule has 2 rings (SSSR count). The summed E-state index contributed by atoms with van der Waals surface area (Å²) in [5.41, 5.74) is 1.76. The molecule has 0 aromatic heterocycles. The minimum atomic E-state index is -1.18. The van der Waals surface area contributed by atoms with E-state index < -0.39 is 12.1 Å². The Morgan fingerprint density at radius 1 is 1.37 bits per heavy atom. The average molecular weight is 263 g/mol. The van der Waals surface area contributed by atoms with Gasteiger partial charge in [-0.2, -0.15) is 0 Å². The molecule has 1 heterocycles. The van der Waals surface area contributed by atoms with E-state index >= 15 is 0 Å². The Balaban J connectivity index is 2.23. The summed E-state index contributed by atoms with van der Waals surface area (Å²) in [6, 6.07) is 7.63. The van der Waals surface area contributed by atoms with Crippen LogP contribution in [0.2, 0.25) is 0 Å². The molecule has 1 fully saturated rings. The zero-order valence-corrected chi connectivity index (χ0v) is 11.5. The highest BCUT2D eigenvalue weighted by Gasteiger charge is 2.26. The van der Waals surface area contributed by atoms with E-state index in [1.807, 2.05) is 24.3 Å². The minimum absolute atomic E-state index is 0.409. The molecule has 1 aromatic carbocycles. The highest BCUT2D eigenvalue weighted by molar-refractivity contribution is 5.76. The van der Waals surface area contributed by atoms with Crippen LogP contribution in [-0.4, -0.2) is 43.2 Å². The Labute approximate surface area is 114 Å². The van der Waals surface area contributed by atoms with Gasteiger partial charge in [-0.05, 0) is 50.0 Å². The Morgan fingerprint density at radius 3 is 2.63 bits per heavy atom. The molecule has 0 amide bonds. The maximum atomic E-state index is 11.5. The molecule has 0 saturated carbocycles. The van der Waals surface area contributed by atoms with E-state index in [2.05, 4.69) is 16.7 Å². The van der Waals surface area contributed by atoms with Crippen molar-refractivity contribution in [1.29, 1.82) is 0 Å². The number of likely N-dealkylation sites (tertiary alicyclic amines) is 1. The molecule has 104 valence electrons. The van der Waals surface area contributed by atoms with Gasteiger partial charge in [0.25, 0.3) is 0 Å². The smallest absolute Gasteiger partial charge is 0.339 e. The molecule has 1 saturated heterocycles. The minimum Gasteiger partial charge on any atom is -0.467 e. The first kappa shape index (κ1) is 14.0. The third-order valence-electron chi connectivity index (χ3n) is 3.87. The number of nitrogens with zero attached hydrogens (tertiary/aromatic N) is 1. The van der Waals surface area contributed by atoms with Gasteiger partial charge in [0.1, 0.15) is 0 Å². The number of ether oxygens (including phenoxy) is 1. The number of methoxy groups -OCH3 is 1. The van der Waals surface area contributed by atoms with Gasteiger partial charge in [-0.25, -0.2) is 4.79 Å². The first-order valence-corrected chi connectivity index (χ1v) is 6.66. The van der Waals surface area contributed by atoms with Gasteiger partial charge in [-0.15, -0.1) is 0 Å². The van der Waals surface area contributed by atoms with Gasteiger partial charge < -0.3 is 14.7 Å². The quantitative estimate of drug-likeness (QED) is 0.843. The second kappa shape index (κ2) is 6.17. The second-order valence-corrected chi connectivity index (χ2v) is 5.13. The summed E-state index contributed by atoms with van der Waals surface area (Å²) in [5, 5.41) is 10.1. The molecule has 4 nitrogen and oxygen atoms in total. The maximum absolute atomic E-state index is 11.5. The van der Waals surface area contributed by atoms with E-state index in [0.29, 0.717) is 11.5 Å². The van der Waals surface area contributed by atoms with Crippen molar-refractivity contribution in [1.82, 2.24) is 4.90 Å². The van der Waals surface area contributed by atoms with Crippen molar-refractivity contribution in [2.75, 3.05) is 27.2 Å². The van der Waals surface area contributed by atoms with Gasteiger partial charge in [0.2, 0.25) is 0 Å². The Hall–Kier alpha value is -1.39. The predicted molar refractivity (Wildman–Crippen MR) is 72.9 cm³/mol. The number of piperidine rings is 1. The van der Waals surface area contributed by atoms with Crippen LogP contribution in [0.4, 0.5) is 0 Å². The van der Waals surface area contributed by atoms with E-state index in [1.54, 1.807) is 0 Å². The molecule has 0 bridgehead atoms. The van der Waals surface area contributed by atoms with Crippen LogP contribution in [0.5, 0.6) is 0 Å². The topological polar surface area (TPSA) is 49.8 Å². The van der Waals surface area contributed by atoms with Gasteiger partial charge >= 0.3 is 5.97 Å². The highest BCUT2D eigenvalue weighted by atomic mass is 16.5. The van der Waals surface area contributed by atoms with Gasteiger partial charge in [-0.3, -0.25) is 0 Å². The van der Waals surface area contributed by atoms with Crippen molar-refractivity contribution in [3.05, 3.63) is 35.4 Å². The summed E-state index contributed by atoms with van der Waals surface area (Å²) < 4.78 is 4.63. The average Bonchev–Trinajstić information content (AvgIpc) is 2.46. The number of aliphatic hydroxyl groups is 1. The number of benzene rings is 1. The number of hydrogen-bond acceptors (Lipinski definition) is 4. The third kappa shape index (κ3) is 3.14. The van der Waals surface area contributed by atoms with Gasteiger partial charge in [-0.1, -0.05) is 24.3 Å². The predicted octanol–water partition coefficient (Wildman–Crippen LogP) is 1.70. The second-order valence-electron chi connectivity index (χ2n) is 5.13. The largest absolute Gasteiger partial charge is 0.467 e. The van der Waals surface area contributed by atoms with Crippen LogP contribution in [0, 0.1) is 0 Å². The molecule has 1 N–H and O–H groups in total. The van der Waals surface area contributed by atoms with Gasteiger partial charge in [0.15, 0.2) is 6.10 Å². The van der Waals surface area contributed by atoms with Crippen molar-refractivity contribution in [3.63, 3.8) is 0 Å². The van der Waals surface area contributed by atoms with Crippen LogP contribution in [0.25, 0.3) is 0 Å². The summed E-state index contributed by atoms with van der Waals surface area (Å²) in [7, 11) is 3.41. The Morgan fingerprint density at radius 2 is 2.00 bits per heavy atom. The first-order valence-electron chi connectivity index (χ1n) is 6.66. The fourth-order valence-electron chi connectivity index (χ4n) is 2.69. The fraction of sp³-hybridized carbons (Fsp3) is 0.533. The maximum Gasteiger partial charge on any atom is 0.339 e. The van der Waals surface area contributed by atoms with Gasteiger partial charge in [0.05, 0.1) is 7.11 Å². The number of aliphatic hydroxyl groups excluding tert-OH is 1. The van der Waals surface area contributed by atoms with Crippen molar-refractivity contribution in [3.8, 4) is 0 Å². The number of carbonyl (C=O) groups excluding carboxylic acids is 1. The molecule has 4 heteroatoms. The van der Waals surface area contributed by atoms with Crippen LogP contribution in [0.1, 0.15) is 36.0 Å². The third-order valence-corrected chi connectivity index (χ3v) is 3.87. The molecule has 0 spiro atoms. The molecule has 1 atom stereocenters.